The van der Waals surface area contributed by atoms with Crippen molar-refractivity contribution in [1.82, 2.24) is 13.9 Å². The highest BCUT2D eigenvalue weighted by atomic mass is 32.2. The monoisotopic (exact) mass is 521 g/mol. The second kappa shape index (κ2) is 8.97. The SMILES string of the molecule is C=Cc1c(Oc2ccc(F)c(-c3ncc(C=O)[nH]3)c2)ccc2c1ccn2S(=O)(=O)C1(C)CC=CC=C1F. The number of allylic oxidation sites excluding steroid dienone is 3. The molecule has 0 saturated carbocycles. The predicted octanol–water partition coefficient (Wildman–Crippen LogP) is 6.17. The van der Waals surface area contributed by atoms with Gasteiger partial charge in [-0.2, -0.15) is 0 Å². The second-order valence-corrected chi connectivity index (χ2v) is 10.9. The van der Waals surface area contributed by atoms with Crippen LogP contribution in [0.5, 0.6) is 11.5 Å². The zero-order valence-corrected chi connectivity index (χ0v) is 20.4. The molecule has 1 aliphatic rings. The molecule has 188 valence electrons. The smallest absolute Gasteiger partial charge is 0.251 e. The van der Waals surface area contributed by atoms with Gasteiger partial charge < -0.3 is 9.72 Å². The van der Waals surface area contributed by atoms with E-state index < -0.39 is 26.4 Å². The average Bonchev–Trinajstić information content (AvgIpc) is 3.54. The summed E-state index contributed by atoms with van der Waals surface area (Å²) >= 11 is 0. The Labute approximate surface area is 211 Å². The number of carbonyl (C=O) groups is 1. The van der Waals surface area contributed by atoms with Crippen molar-refractivity contribution >= 4 is 33.3 Å². The van der Waals surface area contributed by atoms with E-state index in [0.29, 0.717) is 28.5 Å². The highest BCUT2D eigenvalue weighted by Crippen LogP contribution is 2.39. The standard InChI is InChI=1S/C27H21F2N3O4S/c1-3-19-20-11-13-32(37(34,35)27(2)12-5-4-6-25(27)29)23(20)9-10-24(19)36-18-7-8-22(28)21(14-18)26-30-15-17(16-33)31-26/h3-11,13-16H,1,12H2,2H3,(H,30,31). The van der Waals surface area contributed by atoms with Gasteiger partial charge in [0.15, 0.2) is 6.29 Å². The summed E-state index contributed by atoms with van der Waals surface area (Å²) in [4.78, 5) is 17.7. The first-order valence-electron chi connectivity index (χ1n) is 11.2. The van der Waals surface area contributed by atoms with Crippen molar-refractivity contribution in [3.63, 3.8) is 0 Å². The number of rotatable bonds is 7. The quantitative estimate of drug-likeness (QED) is 0.294. The normalized spacial score (nSPS) is 17.5. The Morgan fingerprint density at radius 3 is 2.73 bits per heavy atom. The summed E-state index contributed by atoms with van der Waals surface area (Å²) in [5.41, 5.74) is 1.15. The molecule has 0 aliphatic heterocycles. The number of nitrogens with one attached hydrogen (secondary N) is 1. The van der Waals surface area contributed by atoms with E-state index >= 15 is 0 Å². The van der Waals surface area contributed by atoms with Crippen molar-refractivity contribution in [2.75, 3.05) is 0 Å². The van der Waals surface area contributed by atoms with E-state index in [4.69, 9.17) is 4.74 Å². The number of carbonyl (C=O) groups excluding carboxylic acids is 1. The summed E-state index contributed by atoms with van der Waals surface area (Å²) in [5, 5.41) is 0.527. The van der Waals surface area contributed by atoms with Gasteiger partial charge in [0.2, 0.25) is 0 Å². The van der Waals surface area contributed by atoms with E-state index in [-0.39, 0.29) is 29.3 Å². The number of hydrogen-bond acceptors (Lipinski definition) is 5. The Balaban J connectivity index is 1.55. The summed E-state index contributed by atoms with van der Waals surface area (Å²) in [5.74, 6) is -0.498. The van der Waals surface area contributed by atoms with Gasteiger partial charge in [-0.1, -0.05) is 24.8 Å². The van der Waals surface area contributed by atoms with Crippen LogP contribution in [0.25, 0.3) is 28.4 Å². The van der Waals surface area contributed by atoms with Crippen LogP contribution in [0.15, 0.2) is 79.4 Å². The first-order chi connectivity index (χ1) is 17.7. The molecule has 0 fully saturated rings. The number of fused-ring (bicyclic) bond motifs is 1. The fraction of sp³-hybridized carbons (Fsp3) is 0.111. The van der Waals surface area contributed by atoms with E-state index in [1.165, 1.54) is 49.7 Å². The Morgan fingerprint density at radius 1 is 1.22 bits per heavy atom. The summed E-state index contributed by atoms with van der Waals surface area (Å²) in [6.45, 7) is 5.20. The molecule has 5 rings (SSSR count). The highest BCUT2D eigenvalue weighted by molar-refractivity contribution is 7.91. The van der Waals surface area contributed by atoms with Crippen molar-refractivity contribution in [2.24, 2.45) is 0 Å². The van der Waals surface area contributed by atoms with Crippen LogP contribution in [0.2, 0.25) is 0 Å². The van der Waals surface area contributed by atoms with Crippen LogP contribution in [0.4, 0.5) is 8.78 Å². The first-order valence-corrected chi connectivity index (χ1v) is 12.7. The number of H-pyrrole nitrogens is 1. The van der Waals surface area contributed by atoms with Crippen LogP contribution < -0.4 is 4.74 Å². The van der Waals surface area contributed by atoms with Crippen LogP contribution in [0.3, 0.4) is 0 Å². The number of hydrogen-bond donors (Lipinski definition) is 1. The maximum Gasteiger partial charge on any atom is 0.251 e. The minimum atomic E-state index is -4.16. The van der Waals surface area contributed by atoms with Crippen LogP contribution >= 0.6 is 0 Å². The molecule has 0 saturated heterocycles. The van der Waals surface area contributed by atoms with Gasteiger partial charge in [-0.05, 0) is 55.8 Å². The van der Waals surface area contributed by atoms with Gasteiger partial charge in [0.05, 0.1) is 23.0 Å². The molecule has 7 nitrogen and oxygen atoms in total. The largest absolute Gasteiger partial charge is 0.457 e. The van der Waals surface area contributed by atoms with Gasteiger partial charge in [0.1, 0.15) is 33.7 Å². The Hall–Kier alpha value is -4.31. The fourth-order valence-corrected chi connectivity index (χ4v) is 5.97. The molecule has 0 amide bonds. The molecule has 1 unspecified atom stereocenters. The van der Waals surface area contributed by atoms with Crippen molar-refractivity contribution in [2.45, 2.75) is 18.1 Å². The number of aromatic nitrogens is 3. The molecule has 2 aromatic heterocycles. The number of imidazole rings is 1. The number of benzene rings is 2. The van der Waals surface area contributed by atoms with Crippen molar-refractivity contribution in [1.29, 1.82) is 0 Å². The Morgan fingerprint density at radius 2 is 2.03 bits per heavy atom. The predicted molar refractivity (Wildman–Crippen MR) is 137 cm³/mol. The Kier molecular flexibility index (Phi) is 5.91. The third kappa shape index (κ3) is 3.89. The zero-order chi connectivity index (χ0) is 26.4. The maximum atomic E-state index is 14.7. The van der Waals surface area contributed by atoms with Gasteiger partial charge in [-0.15, -0.1) is 0 Å². The number of halogens is 2. The van der Waals surface area contributed by atoms with E-state index in [1.807, 2.05) is 0 Å². The van der Waals surface area contributed by atoms with Crippen molar-refractivity contribution in [3.8, 4) is 22.9 Å². The number of aromatic amines is 1. The molecule has 0 bridgehead atoms. The van der Waals surface area contributed by atoms with Crippen LogP contribution in [0.1, 0.15) is 29.4 Å². The van der Waals surface area contributed by atoms with Crippen LogP contribution in [-0.2, 0) is 10.0 Å². The maximum absolute atomic E-state index is 14.7. The number of nitrogens with zero attached hydrogens (tertiary/aromatic N) is 2. The molecule has 0 radical (unpaired) electrons. The lowest BCUT2D eigenvalue weighted by Gasteiger charge is -2.29. The van der Waals surface area contributed by atoms with Gasteiger partial charge in [-0.25, -0.2) is 26.2 Å². The van der Waals surface area contributed by atoms with Gasteiger partial charge in [0, 0.05) is 17.1 Å². The molecule has 2 heterocycles. The molecule has 1 aliphatic carbocycles. The average molecular weight is 522 g/mol. The van der Waals surface area contributed by atoms with Crippen LogP contribution in [0, 0.1) is 5.82 Å². The van der Waals surface area contributed by atoms with E-state index in [1.54, 1.807) is 24.3 Å². The molecule has 37 heavy (non-hydrogen) atoms. The molecule has 4 aromatic rings. The van der Waals surface area contributed by atoms with Crippen molar-refractivity contribution in [3.05, 3.63) is 96.5 Å². The fourth-order valence-electron chi connectivity index (χ4n) is 4.28. The molecular formula is C27H21F2N3O4S. The molecule has 1 atom stereocenters. The summed E-state index contributed by atoms with van der Waals surface area (Å²) in [6, 6.07) is 8.81. The first kappa shape index (κ1) is 24.4. The zero-order valence-electron chi connectivity index (χ0n) is 19.6. The number of aldehydes is 1. The molecular weight excluding hydrogens is 500 g/mol. The minimum absolute atomic E-state index is 0.00373. The van der Waals surface area contributed by atoms with Crippen LogP contribution in [-0.4, -0.2) is 33.4 Å². The minimum Gasteiger partial charge on any atom is -0.457 e. The van der Waals surface area contributed by atoms with Gasteiger partial charge in [-0.3, -0.25) is 4.79 Å². The lowest BCUT2D eigenvalue weighted by Crippen LogP contribution is -2.40. The summed E-state index contributed by atoms with van der Waals surface area (Å²) < 4.78 is 61.6. The van der Waals surface area contributed by atoms with Gasteiger partial charge >= 0.3 is 0 Å². The summed E-state index contributed by atoms with van der Waals surface area (Å²) in [6.07, 6.45) is 9.04. The molecule has 2 aromatic carbocycles. The molecule has 0 spiro atoms. The lowest BCUT2D eigenvalue weighted by atomic mass is 10.0. The van der Waals surface area contributed by atoms with E-state index in [0.717, 1.165) is 10.0 Å². The third-order valence-corrected chi connectivity index (χ3v) is 8.74. The Bertz CT molecular complexity index is 1730. The van der Waals surface area contributed by atoms with Crippen molar-refractivity contribution < 1.29 is 26.7 Å². The second-order valence-electron chi connectivity index (χ2n) is 8.66. The highest BCUT2D eigenvalue weighted by Gasteiger charge is 2.45. The lowest BCUT2D eigenvalue weighted by molar-refractivity contribution is 0.111. The van der Waals surface area contributed by atoms with E-state index in [9.17, 15) is 22.0 Å². The number of ether oxygens (including phenoxy) is 1. The summed E-state index contributed by atoms with van der Waals surface area (Å²) in [7, 11) is -4.16. The molecule has 10 heteroatoms. The third-order valence-electron chi connectivity index (χ3n) is 6.41. The van der Waals surface area contributed by atoms with Gasteiger partial charge in [0.25, 0.3) is 10.0 Å². The molecule has 1 N–H and O–H groups in total. The van der Waals surface area contributed by atoms with E-state index in [2.05, 4.69) is 16.5 Å². The topological polar surface area (TPSA) is 94.0 Å².